The molecule has 0 bridgehead atoms. The Morgan fingerprint density at radius 3 is 2.21 bits per heavy atom. The normalized spacial score (nSPS) is 10.2. The highest BCUT2D eigenvalue weighted by molar-refractivity contribution is 6.84. The van der Waals surface area contributed by atoms with Crippen molar-refractivity contribution in [1.82, 2.24) is 0 Å². The van der Waals surface area contributed by atoms with E-state index in [0.717, 1.165) is 11.1 Å². The summed E-state index contributed by atoms with van der Waals surface area (Å²) in [6.45, 7) is 10.7. The summed E-state index contributed by atoms with van der Waals surface area (Å²) in [7, 11) is -1.27. The first-order valence-electron chi connectivity index (χ1n) is 4.76. The Hall–Kier alpha value is -1.26. The highest BCUT2D eigenvalue weighted by Crippen LogP contribution is 2.10. The molecule has 0 N–H and O–H groups in total. The van der Waals surface area contributed by atoms with Crippen molar-refractivity contribution in [2.45, 2.75) is 19.6 Å². The second-order valence-electron chi connectivity index (χ2n) is 4.34. The van der Waals surface area contributed by atoms with Gasteiger partial charge in [-0.1, -0.05) is 62.5 Å². The van der Waals surface area contributed by atoms with Gasteiger partial charge in [0, 0.05) is 5.57 Å². The minimum atomic E-state index is -1.27. The fourth-order valence-corrected chi connectivity index (χ4v) is 1.50. The lowest BCUT2D eigenvalue weighted by atomic mass is 10.1. The van der Waals surface area contributed by atoms with Gasteiger partial charge in [-0.3, -0.25) is 0 Å². The summed E-state index contributed by atoms with van der Waals surface area (Å²) in [6, 6.07) is 10.1. The maximum atomic E-state index is 3.98. The molecule has 0 aromatic heterocycles. The highest BCUT2D eigenvalue weighted by Gasteiger charge is 2.07. The smallest absolute Gasteiger partial charge is 0.127 e. The van der Waals surface area contributed by atoms with Crippen LogP contribution in [0.15, 0.2) is 36.9 Å². The van der Waals surface area contributed by atoms with Crippen molar-refractivity contribution in [2.75, 3.05) is 0 Å². The van der Waals surface area contributed by atoms with Gasteiger partial charge < -0.3 is 0 Å². The number of hydrogen-bond acceptors (Lipinski definition) is 0. The average molecular weight is 200 g/mol. The van der Waals surface area contributed by atoms with Crippen LogP contribution in [0.3, 0.4) is 0 Å². The molecule has 72 valence electrons. The van der Waals surface area contributed by atoms with E-state index in [4.69, 9.17) is 0 Å². The van der Waals surface area contributed by atoms with Crippen LogP contribution in [-0.2, 0) is 0 Å². The summed E-state index contributed by atoms with van der Waals surface area (Å²) in [6.07, 6.45) is 0. The number of hydrogen-bond donors (Lipinski definition) is 0. The predicted molar refractivity (Wildman–Crippen MR) is 66.6 cm³/mol. The van der Waals surface area contributed by atoms with Gasteiger partial charge in [0.05, 0.1) is 0 Å². The van der Waals surface area contributed by atoms with E-state index in [1.807, 2.05) is 30.3 Å². The van der Waals surface area contributed by atoms with Crippen molar-refractivity contribution in [3.63, 3.8) is 0 Å². The van der Waals surface area contributed by atoms with Gasteiger partial charge in [0.2, 0.25) is 0 Å². The monoisotopic (exact) mass is 200 g/mol. The van der Waals surface area contributed by atoms with E-state index in [9.17, 15) is 0 Å². The summed E-state index contributed by atoms with van der Waals surface area (Å²) < 4.78 is 0. The van der Waals surface area contributed by atoms with Crippen molar-refractivity contribution < 1.29 is 0 Å². The zero-order chi connectivity index (χ0) is 10.6. The van der Waals surface area contributed by atoms with Gasteiger partial charge in [-0.15, -0.1) is 5.54 Å². The van der Waals surface area contributed by atoms with Crippen LogP contribution in [-0.4, -0.2) is 8.07 Å². The van der Waals surface area contributed by atoms with Crippen LogP contribution in [0, 0.1) is 11.5 Å². The lowest BCUT2D eigenvalue weighted by Gasteiger charge is -2.04. The van der Waals surface area contributed by atoms with E-state index in [0.29, 0.717) is 0 Å². The molecular weight excluding hydrogens is 184 g/mol. The molecule has 1 rings (SSSR count). The Kier molecular flexibility index (Phi) is 3.32. The Labute approximate surface area is 87.7 Å². The Bertz CT molecular complexity index is 371. The highest BCUT2D eigenvalue weighted by atomic mass is 28.3. The zero-order valence-corrected chi connectivity index (χ0v) is 10.1. The second-order valence-corrected chi connectivity index (χ2v) is 9.09. The lowest BCUT2D eigenvalue weighted by molar-refractivity contribution is 1.64. The fraction of sp³-hybridized carbons (Fsp3) is 0.231. The van der Waals surface area contributed by atoms with E-state index >= 15 is 0 Å². The Morgan fingerprint density at radius 1 is 1.14 bits per heavy atom. The van der Waals surface area contributed by atoms with Crippen molar-refractivity contribution >= 4 is 13.6 Å². The summed E-state index contributed by atoms with van der Waals surface area (Å²) in [5, 5.41) is 0. The molecule has 0 amide bonds. The largest absolute Gasteiger partial charge is 0.129 e. The summed E-state index contributed by atoms with van der Waals surface area (Å²) >= 11 is 0. The van der Waals surface area contributed by atoms with Crippen LogP contribution in [0.25, 0.3) is 5.57 Å². The van der Waals surface area contributed by atoms with Gasteiger partial charge >= 0.3 is 0 Å². The SMILES string of the molecule is C=C(C#C[Si](C)(C)C)c1ccccc1. The third-order valence-corrected chi connectivity index (χ3v) is 2.59. The fourth-order valence-electron chi connectivity index (χ4n) is 0.974. The van der Waals surface area contributed by atoms with E-state index in [1.165, 1.54) is 0 Å². The zero-order valence-electron chi connectivity index (χ0n) is 9.09. The van der Waals surface area contributed by atoms with E-state index < -0.39 is 8.07 Å². The van der Waals surface area contributed by atoms with E-state index in [1.54, 1.807) is 0 Å². The van der Waals surface area contributed by atoms with Crippen molar-refractivity contribution in [3.8, 4) is 11.5 Å². The Balaban J connectivity index is 2.82. The van der Waals surface area contributed by atoms with Gasteiger partial charge in [0.25, 0.3) is 0 Å². The molecule has 0 aliphatic heterocycles. The molecule has 0 radical (unpaired) electrons. The molecule has 0 atom stereocenters. The van der Waals surface area contributed by atoms with Crippen LogP contribution in [0.4, 0.5) is 0 Å². The van der Waals surface area contributed by atoms with E-state index in [2.05, 4.69) is 37.7 Å². The third-order valence-electron chi connectivity index (χ3n) is 1.71. The summed E-state index contributed by atoms with van der Waals surface area (Å²) in [5.41, 5.74) is 5.36. The van der Waals surface area contributed by atoms with Gasteiger partial charge in [-0.25, -0.2) is 0 Å². The number of allylic oxidation sites excluding steroid dienone is 1. The quantitative estimate of drug-likeness (QED) is 0.480. The Morgan fingerprint density at radius 2 is 1.71 bits per heavy atom. The molecule has 0 heterocycles. The minimum absolute atomic E-state index is 0.924. The van der Waals surface area contributed by atoms with Crippen LogP contribution < -0.4 is 0 Å². The van der Waals surface area contributed by atoms with Gasteiger partial charge in [-0.2, -0.15) is 0 Å². The molecule has 1 aromatic rings. The van der Waals surface area contributed by atoms with Gasteiger partial charge in [0.15, 0.2) is 0 Å². The predicted octanol–water partition coefficient (Wildman–Crippen LogP) is 3.58. The molecule has 0 unspecified atom stereocenters. The topological polar surface area (TPSA) is 0 Å². The van der Waals surface area contributed by atoms with Crippen molar-refractivity contribution in [3.05, 3.63) is 42.5 Å². The molecule has 0 saturated carbocycles. The molecule has 14 heavy (non-hydrogen) atoms. The van der Waals surface area contributed by atoms with Crippen molar-refractivity contribution in [1.29, 1.82) is 0 Å². The molecule has 0 aliphatic carbocycles. The maximum absolute atomic E-state index is 3.98. The summed E-state index contributed by atoms with van der Waals surface area (Å²) in [5.74, 6) is 3.16. The molecule has 0 fully saturated rings. The molecule has 0 aliphatic rings. The van der Waals surface area contributed by atoms with E-state index in [-0.39, 0.29) is 0 Å². The first kappa shape index (κ1) is 10.8. The molecular formula is C13H16Si. The standard InChI is InChI=1S/C13H16Si/c1-12(10-11-14(2,3)4)13-8-6-5-7-9-13/h5-9H,1H2,2-4H3. The number of rotatable bonds is 1. The van der Waals surface area contributed by atoms with Crippen LogP contribution in [0.5, 0.6) is 0 Å². The van der Waals surface area contributed by atoms with Crippen LogP contribution in [0.2, 0.25) is 19.6 Å². The second kappa shape index (κ2) is 4.30. The molecule has 0 nitrogen and oxygen atoms in total. The minimum Gasteiger partial charge on any atom is -0.127 e. The first-order valence-corrected chi connectivity index (χ1v) is 8.26. The van der Waals surface area contributed by atoms with Crippen molar-refractivity contribution in [2.24, 2.45) is 0 Å². The average Bonchev–Trinajstić information content (AvgIpc) is 2.14. The number of benzene rings is 1. The molecule has 1 heteroatoms. The molecule has 1 aromatic carbocycles. The van der Waals surface area contributed by atoms with Gasteiger partial charge in [0.1, 0.15) is 8.07 Å². The third kappa shape index (κ3) is 3.63. The van der Waals surface area contributed by atoms with Gasteiger partial charge in [-0.05, 0) is 5.56 Å². The van der Waals surface area contributed by atoms with Crippen LogP contribution >= 0.6 is 0 Å². The molecule has 0 saturated heterocycles. The lowest BCUT2D eigenvalue weighted by Crippen LogP contribution is -2.16. The van der Waals surface area contributed by atoms with Crippen LogP contribution in [0.1, 0.15) is 5.56 Å². The molecule has 0 spiro atoms. The summed E-state index contributed by atoms with van der Waals surface area (Å²) in [4.78, 5) is 0. The first-order chi connectivity index (χ1) is 6.49. The maximum Gasteiger partial charge on any atom is 0.129 e.